The second kappa shape index (κ2) is 7.89. The van der Waals surface area contributed by atoms with Crippen LogP contribution in [-0.2, 0) is 0 Å². The minimum Gasteiger partial charge on any atom is -0.508 e. The molecule has 1 aromatic rings. The van der Waals surface area contributed by atoms with Crippen molar-refractivity contribution in [2.45, 2.75) is 51.5 Å². The second-order valence-electron chi connectivity index (χ2n) is 7.49. The lowest BCUT2D eigenvalue weighted by molar-refractivity contribution is 0.0851. The molecule has 3 rings (SSSR count). The molecule has 1 aliphatic carbocycles. The quantitative estimate of drug-likeness (QED) is 0.824. The number of hydrogen-bond acceptors (Lipinski definition) is 3. The molecular formula is C20H28N2O3. The summed E-state index contributed by atoms with van der Waals surface area (Å²) < 4.78 is 0. The van der Waals surface area contributed by atoms with Crippen molar-refractivity contribution in [3.05, 3.63) is 29.8 Å². The largest absolute Gasteiger partial charge is 0.508 e. The number of nitrogens with one attached hydrogen (secondary N) is 1. The van der Waals surface area contributed by atoms with Gasteiger partial charge in [-0.15, -0.1) is 0 Å². The van der Waals surface area contributed by atoms with Gasteiger partial charge in [0.2, 0.25) is 0 Å². The van der Waals surface area contributed by atoms with Gasteiger partial charge in [-0.2, -0.15) is 0 Å². The first-order valence-corrected chi connectivity index (χ1v) is 9.43. The molecule has 5 heteroatoms. The minimum absolute atomic E-state index is 0.0225. The summed E-state index contributed by atoms with van der Waals surface area (Å²) in [4.78, 5) is 26.9. The Hall–Kier alpha value is -2.04. The van der Waals surface area contributed by atoms with Crippen LogP contribution in [0.25, 0.3) is 0 Å². The number of phenols is 1. The van der Waals surface area contributed by atoms with E-state index in [2.05, 4.69) is 12.2 Å². The Balaban J connectivity index is 1.50. The summed E-state index contributed by atoms with van der Waals surface area (Å²) in [5.41, 5.74) is 0.636. The van der Waals surface area contributed by atoms with Crippen LogP contribution in [0.1, 0.15) is 55.8 Å². The zero-order valence-corrected chi connectivity index (χ0v) is 14.9. The summed E-state index contributed by atoms with van der Waals surface area (Å²) in [6.07, 6.45) is 6.12. The van der Waals surface area contributed by atoms with Crippen molar-refractivity contribution >= 4 is 11.8 Å². The van der Waals surface area contributed by atoms with Gasteiger partial charge in [0.05, 0.1) is 0 Å². The lowest BCUT2D eigenvalue weighted by Gasteiger charge is -2.35. The number of carbonyl (C=O) groups excluding carboxylic acids is 2. The normalized spacial score (nSPS) is 24.8. The number of Topliss-reactive ketones (excluding diaryl/α,β-unsaturated/α-hetero) is 1. The summed E-state index contributed by atoms with van der Waals surface area (Å²) in [7, 11) is 0. The molecule has 0 spiro atoms. The number of hydrogen-bond donors (Lipinski definition) is 2. The van der Waals surface area contributed by atoms with E-state index in [1.807, 2.05) is 4.90 Å². The Labute approximate surface area is 149 Å². The molecule has 0 bridgehead atoms. The van der Waals surface area contributed by atoms with Crippen LogP contribution in [0.15, 0.2) is 24.3 Å². The van der Waals surface area contributed by atoms with Gasteiger partial charge in [0, 0.05) is 30.6 Å². The maximum Gasteiger partial charge on any atom is 0.317 e. The number of rotatable bonds is 3. The number of nitrogens with zero attached hydrogens (tertiary/aromatic N) is 1. The molecule has 2 atom stereocenters. The van der Waals surface area contributed by atoms with E-state index in [0.717, 1.165) is 6.42 Å². The topological polar surface area (TPSA) is 69.6 Å². The molecule has 2 unspecified atom stereocenters. The number of likely N-dealkylation sites (tertiary alicyclic amines) is 1. The van der Waals surface area contributed by atoms with Crippen molar-refractivity contribution in [2.24, 2.45) is 11.8 Å². The van der Waals surface area contributed by atoms with E-state index in [0.29, 0.717) is 37.4 Å². The van der Waals surface area contributed by atoms with E-state index in [9.17, 15) is 14.7 Å². The van der Waals surface area contributed by atoms with Crippen LogP contribution < -0.4 is 5.32 Å². The number of aromatic hydroxyl groups is 1. The van der Waals surface area contributed by atoms with Gasteiger partial charge in [0.1, 0.15) is 5.75 Å². The first-order valence-electron chi connectivity index (χ1n) is 9.43. The Bertz CT molecular complexity index is 606. The molecular weight excluding hydrogens is 316 g/mol. The van der Waals surface area contributed by atoms with Crippen LogP contribution in [0.3, 0.4) is 0 Å². The molecule has 0 aromatic heterocycles. The second-order valence-corrected chi connectivity index (χ2v) is 7.49. The predicted octanol–water partition coefficient (Wildman–Crippen LogP) is 3.58. The molecule has 25 heavy (non-hydrogen) atoms. The van der Waals surface area contributed by atoms with Crippen molar-refractivity contribution in [1.29, 1.82) is 0 Å². The third kappa shape index (κ3) is 4.33. The van der Waals surface area contributed by atoms with E-state index < -0.39 is 0 Å². The maximum absolute atomic E-state index is 12.5. The number of piperidine rings is 1. The molecule has 2 aliphatic rings. The highest BCUT2D eigenvalue weighted by Gasteiger charge is 2.30. The zero-order valence-electron chi connectivity index (χ0n) is 14.9. The van der Waals surface area contributed by atoms with Crippen molar-refractivity contribution < 1.29 is 14.7 Å². The summed E-state index contributed by atoms with van der Waals surface area (Å²) in [6.45, 7) is 3.47. The van der Waals surface area contributed by atoms with E-state index in [4.69, 9.17) is 0 Å². The molecule has 5 nitrogen and oxygen atoms in total. The predicted molar refractivity (Wildman–Crippen MR) is 96.7 cm³/mol. The van der Waals surface area contributed by atoms with Gasteiger partial charge >= 0.3 is 6.03 Å². The third-order valence-electron chi connectivity index (χ3n) is 5.73. The van der Waals surface area contributed by atoms with Crippen molar-refractivity contribution in [3.63, 3.8) is 0 Å². The van der Waals surface area contributed by atoms with Crippen molar-refractivity contribution in [3.8, 4) is 5.75 Å². The average Bonchev–Trinajstić information content (AvgIpc) is 2.64. The van der Waals surface area contributed by atoms with Crippen LogP contribution in [0, 0.1) is 11.8 Å². The molecule has 1 saturated heterocycles. The van der Waals surface area contributed by atoms with E-state index in [1.165, 1.54) is 19.3 Å². The number of amides is 2. The van der Waals surface area contributed by atoms with E-state index in [-0.39, 0.29) is 29.5 Å². The molecule has 1 saturated carbocycles. The number of carbonyl (C=O) groups is 2. The third-order valence-corrected chi connectivity index (χ3v) is 5.73. The smallest absolute Gasteiger partial charge is 0.317 e. The SMILES string of the molecule is CC1CCCCC1NC(=O)N1CCC(C(=O)c2ccc(O)cc2)CC1. The Morgan fingerprint density at radius 1 is 1.04 bits per heavy atom. The van der Waals surface area contributed by atoms with Crippen LogP contribution in [0.2, 0.25) is 0 Å². The summed E-state index contributed by atoms with van der Waals surface area (Å²) in [6, 6.07) is 6.73. The van der Waals surface area contributed by atoms with Gasteiger partial charge in [-0.3, -0.25) is 4.79 Å². The van der Waals surface area contributed by atoms with Crippen LogP contribution in [0.4, 0.5) is 4.79 Å². The molecule has 2 amide bonds. The van der Waals surface area contributed by atoms with Gasteiger partial charge in [-0.25, -0.2) is 4.79 Å². The standard InChI is InChI=1S/C20H28N2O3/c1-14-4-2-3-5-18(14)21-20(25)22-12-10-16(11-13-22)19(24)15-6-8-17(23)9-7-15/h6-9,14,16,18,23H,2-5,10-13H2,1H3,(H,21,25). The Kier molecular flexibility index (Phi) is 5.61. The molecule has 136 valence electrons. The highest BCUT2D eigenvalue weighted by Crippen LogP contribution is 2.25. The Morgan fingerprint density at radius 3 is 2.32 bits per heavy atom. The maximum atomic E-state index is 12.5. The molecule has 2 fully saturated rings. The lowest BCUT2D eigenvalue weighted by Crippen LogP contribution is -2.50. The number of ketones is 1. The molecule has 1 aliphatic heterocycles. The Morgan fingerprint density at radius 2 is 1.68 bits per heavy atom. The number of urea groups is 1. The molecule has 2 N–H and O–H groups in total. The first kappa shape index (κ1) is 17.8. The summed E-state index contributed by atoms with van der Waals surface area (Å²) in [5.74, 6) is 0.787. The minimum atomic E-state index is -0.0396. The molecule has 0 radical (unpaired) electrons. The fourth-order valence-corrected chi connectivity index (χ4v) is 3.99. The zero-order chi connectivity index (χ0) is 17.8. The number of benzene rings is 1. The van der Waals surface area contributed by atoms with Gasteiger partial charge in [0.15, 0.2) is 5.78 Å². The molecule has 1 heterocycles. The fourth-order valence-electron chi connectivity index (χ4n) is 3.99. The highest BCUT2D eigenvalue weighted by atomic mass is 16.3. The highest BCUT2D eigenvalue weighted by molar-refractivity contribution is 5.98. The summed E-state index contributed by atoms with van der Waals surface area (Å²) >= 11 is 0. The monoisotopic (exact) mass is 344 g/mol. The van der Waals surface area contributed by atoms with Gasteiger partial charge in [-0.1, -0.05) is 19.8 Å². The average molecular weight is 344 g/mol. The first-order chi connectivity index (χ1) is 12.0. The van der Waals surface area contributed by atoms with E-state index in [1.54, 1.807) is 24.3 Å². The van der Waals surface area contributed by atoms with Crippen molar-refractivity contribution in [2.75, 3.05) is 13.1 Å². The van der Waals surface area contributed by atoms with Gasteiger partial charge in [-0.05, 0) is 55.9 Å². The van der Waals surface area contributed by atoms with Crippen LogP contribution >= 0.6 is 0 Å². The fraction of sp³-hybridized carbons (Fsp3) is 0.600. The van der Waals surface area contributed by atoms with Crippen molar-refractivity contribution in [1.82, 2.24) is 10.2 Å². The van der Waals surface area contributed by atoms with Gasteiger partial charge < -0.3 is 15.3 Å². The molecule has 1 aromatic carbocycles. The van der Waals surface area contributed by atoms with Gasteiger partial charge in [0.25, 0.3) is 0 Å². The lowest BCUT2D eigenvalue weighted by atomic mass is 9.86. The van der Waals surface area contributed by atoms with Crippen LogP contribution in [0.5, 0.6) is 5.75 Å². The van der Waals surface area contributed by atoms with Crippen LogP contribution in [-0.4, -0.2) is 41.0 Å². The van der Waals surface area contributed by atoms with E-state index >= 15 is 0 Å². The summed E-state index contributed by atoms with van der Waals surface area (Å²) in [5, 5.41) is 12.5. The number of phenolic OH excluding ortho intramolecular Hbond substituents is 1.